The minimum absolute atomic E-state index is 0.0602. The molecule has 34 heavy (non-hydrogen) atoms. The molecular formula is C30H32FNO2. The number of benzene rings is 2. The van der Waals surface area contributed by atoms with Gasteiger partial charge in [-0.3, -0.25) is 9.59 Å². The highest BCUT2D eigenvalue weighted by Gasteiger charge is 2.49. The zero-order valence-corrected chi connectivity index (χ0v) is 20.7. The molecule has 0 aromatic heterocycles. The van der Waals surface area contributed by atoms with Gasteiger partial charge in [-0.05, 0) is 53.9 Å². The summed E-state index contributed by atoms with van der Waals surface area (Å²) in [6, 6.07) is 14.7. The van der Waals surface area contributed by atoms with Crippen LogP contribution in [0.25, 0.3) is 0 Å². The molecule has 0 bridgehead atoms. The van der Waals surface area contributed by atoms with Crippen LogP contribution >= 0.6 is 0 Å². The molecule has 2 aliphatic carbocycles. The lowest BCUT2D eigenvalue weighted by molar-refractivity contribution is -0.119. The predicted octanol–water partition coefficient (Wildman–Crippen LogP) is 7.02. The van der Waals surface area contributed by atoms with Gasteiger partial charge in [-0.1, -0.05) is 64.1 Å². The smallest absolute Gasteiger partial charge is 0.162 e. The number of anilines is 1. The maximum absolute atomic E-state index is 15.3. The summed E-state index contributed by atoms with van der Waals surface area (Å²) in [7, 11) is 0. The summed E-state index contributed by atoms with van der Waals surface area (Å²) in [4.78, 5) is 29.5. The molecule has 5 rings (SSSR count). The Labute approximate surface area is 201 Å². The van der Waals surface area contributed by atoms with E-state index in [1.54, 1.807) is 12.1 Å². The van der Waals surface area contributed by atoms with Crippen LogP contribution in [0.4, 0.5) is 10.1 Å². The molecule has 2 aromatic rings. The normalized spacial score (nSPS) is 22.1. The first-order valence-corrected chi connectivity index (χ1v) is 12.1. The van der Waals surface area contributed by atoms with Gasteiger partial charge in [0.1, 0.15) is 5.82 Å². The number of carbonyl (C=O) groups excluding carboxylic acids is 2. The molecule has 0 spiro atoms. The van der Waals surface area contributed by atoms with Crippen molar-refractivity contribution in [1.29, 1.82) is 0 Å². The highest BCUT2D eigenvalue weighted by atomic mass is 19.1. The first kappa shape index (κ1) is 22.8. The zero-order valence-electron chi connectivity index (χ0n) is 20.7. The first-order chi connectivity index (χ1) is 16.0. The lowest BCUT2D eigenvalue weighted by Crippen LogP contribution is -2.45. The van der Waals surface area contributed by atoms with Crippen LogP contribution in [-0.2, 0) is 9.59 Å². The van der Waals surface area contributed by atoms with Crippen molar-refractivity contribution in [2.75, 3.05) is 4.90 Å². The summed E-state index contributed by atoms with van der Waals surface area (Å²) in [5.41, 5.74) is 5.02. The van der Waals surface area contributed by atoms with Gasteiger partial charge in [-0.25, -0.2) is 4.39 Å². The lowest BCUT2D eigenvalue weighted by atomic mass is 9.63. The molecule has 176 valence electrons. The molecule has 4 heteroatoms. The number of Topliss-reactive ketones (excluding diaryl/α,β-unsaturated/α-hetero) is 2. The third-order valence-electron chi connectivity index (χ3n) is 7.50. The van der Waals surface area contributed by atoms with E-state index in [-0.39, 0.29) is 28.2 Å². The fraction of sp³-hybridized carbons (Fsp3) is 0.400. The van der Waals surface area contributed by atoms with Crippen LogP contribution in [0.3, 0.4) is 0 Å². The van der Waals surface area contributed by atoms with Gasteiger partial charge in [0.25, 0.3) is 0 Å². The van der Waals surface area contributed by atoms with E-state index in [0.29, 0.717) is 42.5 Å². The van der Waals surface area contributed by atoms with Crippen molar-refractivity contribution in [2.45, 2.75) is 66.2 Å². The Morgan fingerprint density at radius 1 is 0.765 bits per heavy atom. The standard InChI is InChI=1S/C30H32FNO2/c1-18-10-6-7-11-19(18)26-27-22(14-29(2,3)16-24(27)33)32(21-13-9-8-12-20(21)31)23-15-30(4,5)17-25(34)28(23)26/h6-13,26H,14-17H2,1-5H3. The molecule has 0 amide bonds. The van der Waals surface area contributed by atoms with Crippen LogP contribution in [0.5, 0.6) is 0 Å². The Bertz CT molecular complexity index is 1230. The molecule has 0 radical (unpaired) electrons. The fourth-order valence-electron chi connectivity index (χ4n) is 6.11. The molecule has 0 atom stereocenters. The van der Waals surface area contributed by atoms with Gasteiger partial charge in [0.05, 0.1) is 5.69 Å². The van der Waals surface area contributed by atoms with Crippen molar-refractivity contribution in [2.24, 2.45) is 10.8 Å². The van der Waals surface area contributed by atoms with Crippen molar-refractivity contribution < 1.29 is 14.0 Å². The van der Waals surface area contributed by atoms with E-state index in [1.807, 2.05) is 42.2 Å². The van der Waals surface area contributed by atoms with E-state index in [9.17, 15) is 9.59 Å². The number of nitrogens with zero attached hydrogens (tertiary/aromatic N) is 1. The molecule has 0 N–H and O–H groups in total. The summed E-state index contributed by atoms with van der Waals surface area (Å²) in [5, 5.41) is 0. The average molecular weight is 458 g/mol. The average Bonchev–Trinajstić information content (AvgIpc) is 2.72. The van der Waals surface area contributed by atoms with Crippen molar-refractivity contribution in [1.82, 2.24) is 0 Å². The van der Waals surface area contributed by atoms with Crippen LogP contribution in [0.2, 0.25) is 0 Å². The Morgan fingerprint density at radius 2 is 1.26 bits per heavy atom. The monoisotopic (exact) mass is 457 g/mol. The van der Waals surface area contributed by atoms with Crippen LogP contribution in [-0.4, -0.2) is 11.6 Å². The quantitative estimate of drug-likeness (QED) is 0.486. The van der Waals surface area contributed by atoms with Crippen LogP contribution in [0, 0.1) is 23.6 Å². The van der Waals surface area contributed by atoms with Gasteiger partial charge >= 0.3 is 0 Å². The Morgan fingerprint density at radius 3 is 1.79 bits per heavy atom. The minimum Gasteiger partial charge on any atom is -0.314 e. The Hall–Kier alpha value is -3.01. The number of ketones is 2. The highest BCUT2D eigenvalue weighted by Crippen LogP contribution is 2.55. The second-order valence-corrected chi connectivity index (χ2v) is 11.7. The third-order valence-corrected chi connectivity index (χ3v) is 7.50. The van der Waals surface area contributed by atoms with E-state index in [2.05, 4.69) is 27.7 Å². The topological polar surface area (TPSA) is 37.4 Å². The van der Waals surface area contributed by atoms with Crippen LogP contribution < -0.4 is 4.90 Å². The highest BCUT2D eigenvalue weighted by molar-refractivity contribution is 6.08. The van der Waals surface area contributed by atoms with Crippen molar-refractivity contribution in [3.63, 3.8) is 0 Å². The summed E-state index contributed by atoms with van der Waals surface area (Å²) < 4.78 is 15.3. The van der Waals surface area contributed by atoms with Crippen LogP contribution in [0.15, 0.2) is 71.1 Å². The van der Waals surface area contributed by atoms with Crippen molar-refractivity contribution >= 4 is 17.3 Å². The maximum atomic E-state index is 15.3. The van der Waals surface area contributed by atoms with E-state index in [4.69, 9.17) is 0 Å². The van der Waals surface area contributed by atoms with Gasteiger partial charge in [-0.2, -0.15) is 0 Å². The number of carbonyl (C=O) groups is 2. The third kappa shape index (κ3) is 3.64. The molecule has 2 aromatic carbocycles. The van der Waals surface area contributed by atoms with E-state index >= 15 is 4.39 Å². The molecule has 0 unspecified atom stereocenters. The number of hydrogen-bond acceptors (Lipinski definition) is 3. The van der Waals surface area contributed by atoms with E-state index in [1.165, 1.54) is 6.07 Å². The lowest BCUT2D eigenvalue weighted by Gasteiger charge is -2.49. The van der Waals surface area contributed by atoms with Crippen LogP contribution in [0.1, 0.15) is 70.4 Å². The molecule has 3 nitrogen and oxygen atoms in total. The van der Waals surface area contributed by atoms with Gasteiger partial charge in [0, 0.05) is 41.3 Å². The Kier molecular flexibility index (Phi) is 5.20. The summed E-state index contributed by atoms with van der Waals surface area (Å²) in [6.07, 6.45) is 2.13. The summed E-state index contributed by atoms with van der Waals surface area (Å²) in [6.45, 7) is 10.4. The molecular weight excluding hydrogens is 425 g/mol. The van der Waals surface area contributed by atoms with Gasteiger partial charge in [0.15, 0.2) is 11.6 Å². The Balaban J connectivity index is 1.87. The number of para-hydroxylation sites is 1. The van der Waals surface area contributed by atoms with Gasteiger partial charge in [0.2, 0.25) is 0 Å². The summed E-state index contributed by atoms with van der Waals surface area (Å²) in [5.74, 6) is -0.626. The van der Waals surface area contributed by atoms with Crippen molar-refractivity contribution in [3.8, 4) is 0 Å². The summed E-state index contributed by atoms with van der Waals surface area (Å²) >= 11 is 0. The van der Waals surface area contributed by atoms with Gasteiger partial charge < -0.3 is 4.90 Å². The molecule has 0 fully saturated rings. The molecule has 3 aliphatic rings. The van der Waals surface area contributed by atoms with E-state index < -0.39 is 5.92 Å². The molecule has 0 saturated heterocycles. The van der Waals surface area contributed by atoms with Crippen molar-refractivity contribution in [3.05, 3.63) is 88.0 Å². The maximum Gasteiger partial charge on any atom is 0.162 e. The fourth-order valence-corrected chi connectivity index (χ4v) is 6.11. The second-order valence-electron chi connectivity index (χ2n) is 11.7. The number of hydrogen-bond donors (Lipinski definition) is 0. The zero-order chi connectivity index (χ0) is 24.4. The number of aryl methyl sites for hydroxylation is 1. The number of allylic oxidation sites excluding steroid dienone is 4. The molecule has 0 saturated carbocycles. The second kappa shape index (κ2) is 7.76. The molecule has 1 heterocycles. The van der Waals surface area contributed by atoms with Gasteiger partial charge in [-0.15, -0.1) is 0 Å². The minimum atomic E-state index is -0.401. The largest absolute Gasteiger partial charge is 0.314 e. The first-order valence-electron chi connectivity index (χ1n) is 12.1. The SMILES string of the molecule is Cc1ccccc1C1C2=C(CC(C)(C)CC2=O)N(c2ccccc2F)C2=C1C(=O)CC(C)(C)C2. The number of rotatable bonds is 2. The predicted molar refractivity (Wildman–Crippen MR) is 133 cm³/mol. The van der Waals surface area contributed by atoms with E-state index in [0.717, 1.165) is 22.5 Å². The number of halogens is 1. The molecule has 1 aliphatic heterocycles.